The normalized spacial score (nSPS) is 8.21. The zero-order valence-electron chi connectivity index (χ0n) is 9.00. The van der Waals surface area contributed by atoms with Crippen LogP contribution in [0.3, 0.4) is 0 Å². The summed E-state index contributed by atoms with van der Waals surface area (Å²) in [6.07, 6.45) is 0. The standard InChI is InChI=1S/C9H12N2O.C2H6/c1-2-10-9(12)11-8-6-4-3-5-7-8;1-2/h3-7H,2H2,1H3,(H2,10,11,12);1-2H3. The van der Waals surface area contributed by atoms with Gasteiger partial charge in [0.05, 0.1) is 0 Å². The molecule has 14 heavy (non-hydrogen) atoms. The molecule has 0 aliphatic heterocycles. The van der Waals surface area contributed by atoms with Crippen LogP contribution in [-0.2, 0) is 0 Å². The smallest absolute Gasteiger partial charge is 0.319 e. The second kappa shape index (κ2) is 8.10. The fourth-order valence-corrected chi connectivity index (χ4v) is 0.857. The summed E-state index contributed by atoms with van der Waals surface area (Å²) in [7, 11) is 0. The van der Waals surface area contributed by atoms with Gasteiger partial charge in [-0.05, 0) is 19.1 Å². The van der Waals surface area contributed by atoms with Crippen molar-refractivity contribution >= 4 is 11.7 Å². The molecule has 0 unspecified atom stereocenters. The number of urea groups is 1. The number of benzene rings is 1. The lowest BCUT2D eigenvalue weighted by molar-refractivity contribution is 0.252. The fraction of sp³-hybridized carbons (Fsp3) is 0.364. The maximum atomic E-state index is 11.0. The largest absolute Gasteiger partial charge is 0.338 e. The lowest BCUT2D eigenvalue weighted by atomic mass is 10.3. The number of carbonyl (C=O) groups is 1. The minimum absolute atomic E-state index is 0.163. The van der Waals surface area contributed by atoms with E-state index in [1.165, 1.54) is 0 Å². The molecule has 0 heterocycles. The summed E-state index contributed by atoms with van der Waals surface area (Å²) in [5.41, 5.74) is 0.809. The summed E-state index contributed by atoms with van der Waals surface area (Å²) in [6.45, 7) is 6.52. The van der Waals surface area contributed by atoms with E-state index in [0.29, 0.717) is 6.54 Å². The summed E-state index contributed by atoms with van der Waals surface area (Å²) in [5.74, 6) is 0. The Morgan fingerprint density at radius 2 is 1.79 bits per heavy atom. The molecule has 0 bridgehead atoms. The van der Waals surface area contributed by atoms with Crippen molar-refractivity contribution in [3.63, 3.8) is 0 Å². The van der Waals surface area contributed by atoms with Gasteiger partial charge in [0.25, 0.3) is 0 Å². The first-order chi connectivity index (χ1) is 6.83. The number of amides is 2. The van der Waals surface area contributed by atoms with Crippen LogP contribution in [0.25, 0.3) is 0 Å². The second-order valence-corrected chi connectivity index (χ2v) is 2.35. The van der Waals surface area contributed by atoms with Crippen molar-refractivity contribution in [1.29, 1.82) is 0 Å². The van der Waals surface area contributed by atoms with Crippen LogP contribution in [0.1, 0.15) is 20.8 Å². The molecule has 2 amide bonds. The van der Waals surface area contributed by atoms with Gasteiger partial charge < -0.3 is 10.6 Å². The third-order valence-electron chi connectivity index (χ3n) is 1.37. The van der Waals surface area contributed by atoms with E-state index in [-0.39, 0.29) is 6.03 Å². The average Bonchev–Trinajstić information content (AvgIpc) is 2.22. The molecule has 0 aliphatic carbocycles. The Balaban J connectivity index is 0.000000791. The van der Waals surface area contributed by atoms with Gasteiger partial charge in [0.1, 0.15) is 0 Å². The summed E-state index contributed by atoms with van der Waals surface area (Å²) in [6, 6.07) is 9.18. The maximum Gasteiger partial charge on any atom is 0.319 e. The van der Waals surface area contributed by atoms with Gasteiger partial charge in [0, 0.05) is 12.2 Å². The molecule has 0 aliphatic rings. The number of hydrogen-bond donors (Lipinski definition) is 2. The van der Waals surface area contributed by atoms with Crippen molar-refractivity contribution < 1.29 is 4.79 Å². The molecular weight excluding hydrogens is 176 g/mol. The predicted octanol–water partition coefficient (Wildman–Crippen LogP) is 2.85. The molecule has 1 rings (SSSR count). The molecular formula is C11H18N2O. The van der Waals surface area contributed by atoms with Crippen molar-refractivity contribution in [2.75, 3.05) is 11.9 Å². The Kier molecular flexibility index (Phi) is 7.23. The fourth-order valence-electron chi connectivity index (χ4n) is 0.857. The molecule has 3 heteroatoms. The molecule has 0 atom stereocenters. The third-order valence-corrected chi connectivity index (χ3v) is 1.37. The molecule has 0 saturated carbocycles. The molecule has 0 fully saturated rings. The van der Waals surface area contributed by atoms with E-state index in [1.807, 2.05) is 51.1 Å². The van der Waals surface area contributed by atoms with Gasteiger partial charge in [0.2, 0.25) is 0 Å². The molecule has 2 N–H and O–H groups in total. The van der Waals surface area contributed by atoms with E-state index in [1.54, 1.807) is 0 Å². The van der Waals surface area contributed by atoms with E-state index < -0.39 is 0 Å². The minimum Gasteiger partial charge on any atom is -0.338 e. The Labute approximate surface area is 85.5 Å². The van der Waals surface area contributed by atoms with Crippen molar-refractivity contribution in [2.24, 2.45) is 0 Å². The van der Waals surface area contributed by atoms with Crippen molar-refractivity contribution in [3.05, 3.63) is 30.3 Å². The molecule has 1 aromatic carbocycles. The second-order valence-electron chi connectivity index (χ2n) is 2.35. The van der Waals surface area contributed by atoms with Crippen LogP contribution >= 0.6 is 0 Å². The van der Waals surface area contributed by atoms with Gasteiger partial charge >= 0.3 is 6.03 Å². The van der Waals surface area contributed by atoms with Crippen molar-refractivity contribution in [2.45, 2.75) is 20.8 Å². The summed E-state index contributed by atoms with van der Waals surface area (Å²) in [5, 5.41) is 5.34. The zero-order chi connectivity index (χ0) is 10.8. The van der Waals surface area contributed by atoms with Gasteiger partial charge in [-0.1, -0.05) is 32.0 Å². The lowest BCUT2D eigenvalue weighted by Crippen LogP contribution is -2.28. The zero-order valence-corrected chi connectivity index (χ0v) is 9.00. The van der Waals surface area contributed by atoms with Gasteiger partial charge in [-0.25, -0.2) is 4.79 Å². The minimum atomic E-state index is -0.163. The highest BCUT2D eigenvalue weighted by Gasteiger charge is 1.96. The monoisotopic (exact) mass is 194 g/mol. The van der Waals surface area contributed by atoms with Crippen LogP contribution in [-0.4, -0.2) is 12.6 Å². The SMILES string of the molecule is CC.CCNC(=O)Nc1ccccc1. The Bertz CT molecular complexity index is 247. The molecule has 0 aromatic heterocycles. The van der Waals surface area contributed by atoms with Gasteiger partial charge in [-0.2, -0.15) is 0 Å². The van der Waals surface area contributed by atoms with E-state index in [9.17, 15) is 4.79 Å². The first kappa shape index (κ1) is 12.5. The molecule has 0 saturated heterocycles. The van der Waals surface area contributed by atoms with Crippen LogP contribution in [0.2, 0.25) is 0 Å². The van der Waals surface area contributed by atoms with E-state index >= 15 is 0 Å². The predicted molar refractivity (Wildman–Crippen MR) is 60.5 cm³/mol. The molecule has 78 valence electrons. The van der Waals surface area contributed by atoms with Crippen LogP contribution in [0, 0.1) is 0 Å². The van der Waals surface area contributed by atoms with Crippen molar-refractivity contribution in [3.8, 4) is 0 Å². The Morgan fingerprint density at radius 1 is 1.21 bits per heavy atom. The molecule has 3 nitrogen and oxygen atoms in total. The number of hydrogen-bond acceptors (Lipinski definition) is 1. The van der Waals surface area contributed by atoms with Crippen LogP contribution in [0.4, 0.5) is 10.5 Å². The van der Waals surface area contributed by atoms with Crippen LogP contribution in [0.5, 0.6) is 0 Å². The number of para-hydroxylation sites is 1. The molecule has 1 aromatic rings. The Hall–Kier alpha value is -1.51. The highest BCUT2D eigenvalue weighted by molar-refractivity contribution is 5.89. The molecule has 0 radical (unpaired) electrons. The number of anilines is 1. The third kappa shape index (κ3) is 5.19. The van der Waals surface area contributed by atoms with E-state index in [2.05, 4.69) is 10.6 Å². The van der Waals surface area contributed by atoms with Gasteiger partial charge in [0.15, 0.2) is 0 Å². The van der Waals surface area contributed by atoms with Gasteiger partial charge in [-0.15, -0.1) is 0 Å². The maximum absolute atomic E-state index is 11.0. The topological polar surface area (TPSA) is 41.1 Å². The van der Waals surface area contributed by atoms with Crippen LogP contribution < -0.4 is 10.6 Å². The Morgan fingerprint density at radius 3 is 2.29 bits per heavy atom. The summed E-state index contributed by atoms with van der Waals surface area (Å²) in [4.78, 5) is 11.0. The first-order valence-electron chi connectivity index (χ1n) is 4.93. The quantitative estimate of drug-likeness (QED) is 0.746. The highest BCUT2D eigenvalue weighted by atomic mass is 16.2. The van der Waals surface area contributed by atoms with E-state index in [0.717, 1.165) is 5.69 Å². The first-order valence-corrected chi connectivity index (χ1v) is 4.93. The summed E-state index contributed by atoms with van der Waals surface area (Å²) < 4.78 is 0. The number of rotatable bonds is 2. The average molecular weight is 194 g/mol. The summed E-state index contributed by atoms with van der Waals surface area (Å²) >= 11 is 0. The highest BCUT2D eigenvalue weighted by Crippen LogP contribution is 2.03. The molecule has 0 spiro atoms. The van der Waals surface area contributed by atoms with Crippen LogP contribution in [0.15, 0.2) is 30.3 Å². The lowest BCUT2D eigenvalue weighted by Gasteiger charge is -2.04. The number of nitrogens with one attached hydrogen (secondary N) is 2. The number of carbonyl (C=O) groups excluding carboxylic acids is 1. The van der Waals surface area contributed by atoms with E-state index in [4.69, 9.17) is 0 Å². The van der Waals surface area contributed by atoms with Crippen molar-refractivity contribution in [1.82, 2.24) is 5.32 Å². The van der Waals surface area contributed by atoms with Gasteiger partial charge in [-0.3, -0.25) is 0 Å².